The summed E-state index contributed by atoms with van der Waals surface area (Å²) in [5, 5.41) is 3.35. The lowest BCUT2D eigenvalue weighted by atomic mass is 9.94. The van der Waals surface area contributed by atoms with Crippen molar-refractivity contribution in [3.63, 3.8) is 0 Å². The molecule has 2 rings (SSSR count). The van der Waals surface area contributed by atoms with E-state index in [0.29, 0.717) is 0 Å². The number of hydrogen-bond acceptors (Lipinski definition) is 2. The molecular weight excluding hydrogens is 160 g/mol. The van der Waals surface area contributed by atoms with Crippen molar-refractivity contribution in [1.82, 2.24) is 10.2 Å². The molecule has 2 atom stereocenters. The first-order valence-corrected chi connectivity index (χ1v) is 5.74. The van der Waals surface area contributed by atoms with Crippen molar-refractivity contribution in [2.24, 2.45) is 5.92 Å². The van der Waals surface area contributed by atoms with Gasteiger partial charge >= 0.3 is 0 Å². The van der Waals surface area contributed by atoms with Gasteiger partial charge in [0.2, 0.25) is 0 Å². The Morgan fingerprint density at radius 1 is 1.15 bits per heavy atom. The first kappa shape index (κ1) is 9.47. The van der Waals surface area contributed by atoms with E-state index in [-0.39, 0.29) is 0 Å². The molecule has 0 aromatic carbocycles. The maximum absolute atomic E-state index is 3.35. The smallest absolute Gasteiger partial charge is 0.00698 e. The average Bonchev–Trinajstić information content (AvgIpc) is 2.00. The summed E-state index contributed by atoms with van der Waals surface area (Å²) in [4.78, 5) is 2.72. The second-order valence-corrected chi connectivity index (χ2v) is 4.85. The summed E-state index contributed by atoms with van der Waals surface area (Å²) in [5.74, 6) is 0.933. The Morgan fingerprint density at radius 2 is 1.77 bits per heavy atom. The average molecular weight is 182 g/mol. The Hall–Kier alpha value is -0.0800. The third-order valence-corrected chi connectivity index (χ3v) is 3.71. The summed E-state index contributed by atoms with van der Waals surface area (Å²) in [6.45, 7) is 8.60. The van der Waals surface area contributed by atoms with Crippen LogP contribution in [0.2, 0.25) is 0 Å². The Labute approximate surface area is 81.7 Å². The second kappa shape index (κ2) is 3.97. The molecule has 13 heavy (non-hydrogen) atoms. The molecule has 2 aliphatic rings. The number of piperidine rings is 1. The van der Waals surface area contributed by atoms with Gasteiger partial charge in [-0.25, -0.2) is 0 Å². The minimum atomic E-state index is 0.823. The number of nitrogens with one attached hydrogen (secondary N) is 1. The van der Waals surface area contributed by atoms with Crippen LogP contribution in [0.5, 0.6) is 0 Å². The summed E-state index contributed by atoms with van der Waals surface area (Å²) in [5.41, 5.74) is 0. The van der Waals surface area contributed by atoms with Gasteiger partial charge in [-0.05, 0) is 32.6 Å². The molecule has 0 aliphatic carbocycles. The van der Waals surface area contributed by atoms with Gasteiger partial charge in [0.15, 0.2) is 0 Å². The Bertz CT molecular complexity index is 155. The lowest BCUT2D eigenvalue weighted by Gasteiger charge is -2.43. The molecule has 0 aromatic heterocycles. The maximum Gasteiger partial charge on any atom is 0.00698 e. The highest BCUT2D eigenvalue weighted by Crippen LogP contribution is 2.24. The zero-order chi connectivity index (χ0) is 9.26. The van der Waals surface area contributed by atoms with Crippen molar-refractivity contribution in [2.45, 2.75) is 45.2 Å². The van der Waals surface area contributed by atoms with Gasteiger partial charge in [-0.15, -0.1) is 0 Å². The molecule has 0 saturated carbocycles. The minimum Gasteiger partial charge on any atom is -0.316 e. The molecule has 76 valence electrons. The summed E-state index contributed by atoms with van der Waals surface area (Å²) in [6, 6.07) is 1.65. The fourth-order valence-corrected chi connectivity index (χ4v) is 2.61. The van der Waals surface area contributed by atoms with Crippen LogP contribution < -0.4 is 5.32 Å². The highest BCUT2D eigenvalue weighted by atomic mass is 15.2. The van der Waals surface area contributed by atoms with Crippen LogP contribution in [0.25, 0.3) is 0 Å². The predicted molar refractivity (Wildman–Crippen MR) is 55.8 cm³/mol. The van der Waals surface area contributed by atoms with Gasteiger partial charge in [0.05, 0.1) is 0 Å². The molecule has 0 unspecified atom stereocenters. The summed E-state index contributed by atoms with van der Waals surface area (Å²) < 4.78 is 0. The molecule has 2 heteroatoms. The van der Waals surface area contributed by atoms with E-state index in [9.17, 15) is 0 Å². The lowest BCUT2D eigenvalue weighted by Crippen LogP contribution is -2.53. The molecule has 2 aliphatic heterocycles. The first-order valence-electron chi connectivity index (χ1n) is 5.74. The van der Waals surface area contributed by atoms with Gasteiger partial charge in [0.1, 0.15) is 0 Å². The molecule has 2 saturated heterocycles. The van der Waals surface area contributed by atoms with Crippen LogP contribution in [0.4, 0.5) is 0 Å². The third-order valence-electron chi connectivity index (χ3n) is 3.71. The predicted octanol–water partition coefficient (Wildman–Crippen LogP) is 1.47. The van der Waals surface area contributed by atoms with Crippen molar-refractivity contribution >= 4 is 0 Å². The van der Waals surface area contributed by atoms with Crippen LogP contribution in [0.3, 0.4) is 0 Å². The van der Waals surface area contributed by atoms with Crippen LogP contribution in [0, 0.1) is 5.92 Å². The molecule has 0 bridgehead atoms. The van der Waals surface area contributed by atoms with Gasteiger partial charge in [-0.3, -0.25) is 4.90 Å². The van der Waals surface area contributed by atoms with E-state index in [4.69, 9.17) is 0 Å². The van der Waals surface area contributed by atoms with E-state index in [1.165, 1.54) is 38.9 Å². The van der Waals surface area contributed by atoms with Crippen molar-refractivity contribution in [2.75, 3.05) is 19.6 Å². The minimum absolute atomic E-state index is 0.823. The highest BCUT2D eigenvalue weighted by Gasteiger charge is 2.28. The van der Waals surface area contributed by atoms with E-state index in [1.54, 1.807) is 0 Å². The van der Waals surface area contributed by atoms with E-state index < -0.39 is 0 Å². The van der Waals surface area contributed by atoms with E-state index in [2.05, 4.69) is 24.1 Å². The topological polar surface area (TPSA) is 15.3 Å². The summed E-state index contributed by atoms with van der Waals surface area (Å²) in [6.07, 6.45) is 4.25. The Morgan fingerprint density at radius 3 is 2.23 bits per heavy atom. The number of rotatable bonds is 2. The highest BCUT2D eigenvalue weighted by molar-refractivity contribution is 4.85. The largest absolute Gasteiger partial charge is 0.316 e. The zero-order valence-electron chi connectivity index (χ0n) is 8.92. The first-order chi connectivity index (χ1) is 6.27. The van der Waals surface area contributed by atoms with E-state index >= 15 is 0 Å². The van der Waals surface area contributed by atoms with Crippen LogP contribution >= 0.6 is 0 Å². The van der Waals surface area contributed by atoms with Gasteiger partial charge < -0.3 is 5.32 Å². The standard InChI is InChI=1S/C11H22N2/c1-9-4-3-5-10(2)13(9)8-11-6-12-7-11/h9-12H,3-8H2,1-2H3/t9-,10+. The molecule has 0 radical (unpaired) electrons. The van der Waals surface area contributed by atoms with Crippen molar-refractivity contribution in [3.8, 4) is 0 Å². The zero-order valence-corrected chi connectivity index (χ0v) is 8.92. The van der Waals surface area contributed by atoms with Crippen LogP contribution in [0.15, 0.2) is 0 Å². The molecule has 2 fully saturated rings. The summed E-state index contributed by atoms with van der Waals surface area (Å²) >= 11 is 0. The number of hydrogen-bond donors (Lipinski definition) is 1. The Balaban J connectivity index is 1.85. The molecule has 0 amide bonds. The van der Waals surface area contributed by atoms with E-state index in [1.807, 2.05) is 0 Å². The number of likely N-dealkylation sites (tertiary alicyclic amines) is 1. The van der Waals surface area contributed by atoms with Crippen LogP contribution in [0.1, 0.15) is 33.1 Å². The molecule has 0 spiro atoms. The van der Waals surface area contributed by atoms with Gasteiger partial charge in [0, 0.05) is 31.7 Å². The molecular formula is C11H22N2. The number of nitrogens with zero attached hydrogens (tertiary/aromatic N) is 1. The third kappa shape index (κ3) is 2.05. The van der Waals surface area contributed by atoms with Gasteiger partial charge in [0.25, 0.3) is 0 Å². The van der Waals surface area contributed by atoms with Gasteiger partial charge in [-0.2, -0.15) is 0 Å². The maximum atomic E-state index is 3.35. The molecule has 1 N–H and O–H groups in total. The Kier molecular flexibility index (Phi) is 2.89. The van der Waals surface area contributed by atoms with Crippen molar-refractivity contribution in [3.05, 3.63) is 0 Å². The quantitative estimate of drug-likeness (QED) is 0.695. The fourth-order valence-electron chi connectivity index (χ4n) is 2.61. The fraction of sp³-hybridized carbons (Fsp3) is 1.00. The van der Waals surface area contributed by atoms with Gasteiger partial charge in [-0.1, -0.05) is 6.42 Å². The second-order valence-electron chi connectivity index (χ2n) is 4.85. The van der Waals surface area contributed by atoms with E-state index in [0.717, 1.165) is 18.0 Å². The monoisotopic (exact) mass is 182 g/mol. The SMILES string of the molecule is C[C@@H]1CCC[C@H](C)N1CC1CNC1. The normalized spacial score (nSPS) is 37.4. The molecule has 0 aromatic rings. The van der Waals surface area contributed by atoms with Crippen molar-refractivity contribution in [1.29, 1.82) is 0 Å². The van der Waals surface area contributed by atoms with Crippen molar-refractivity contribution < 1.29 is 0 Å². The van der Waals surface area contributed by atoms with Crippen LogP contribution in [-0.4, -0.2) is 36.6 Å². The molecule has 2 nitrogen and oxygen atoms in total. The summed E-state index contributed by atoms with van der Waals surface area (Å²) in [7, 11) is 0. The van der Waals surface area contributed by atoms with Crippen LogP contribution in [-0.2, 0) is 0 Å². The molecule has 2 heterocycles. The lowest BCUT2D eigenvalue weighted by molar-refractivity contribution is 0.0722.